The molecule has 2 aromatic rings. The van der Waals surface area contributed by atoms with Gasteiger partial charge in [0.05, 0.1) is 18.6 Å². The van der Waals surface area contributed by atoms with E-state index in [0.29, 0.717) is 23.8 Å². The molecule has 0 unspecified atom stereocenters. The van der Waals surface area contributed by atoms with Gasteiger partial charge in [0.2, 0.25) is 5.89 Å². The number of aromatic nitrogens is 1. The maximum absolute atomic E-state index is 11.0. The van der Waals surface area contributed by atoms with E-state index in [9.17, 15) is 8.42 Å². The van der Waals surface area contributed by atoms with E-state index in [2.05, 4.69) is 37.9 Å². The fraction of sp³-hybridized carbons (Fsp3) is 0.471. The van der Waals surface area contributed by atoms with Gasteiger partial charge in [-0.25, -0.2) is 4.98 Å². The van der Waals surface area contributed by atoms with Crippen LogP contribution in [0.2, 0.25) is 0 Å². The van der Waals surface area contributed by atoms with Crippen LogP contribution < -0.4 is 0 Å². The third kappa shape index (κ3) is 4.91. The average molecular weight is 337 g/mol. The molecular weight excluding hydrogens is 314 g/mol. The van der Waals surface area contributed by atoms with Crippen molar-refractivity contribution in [1.82, 2.24) is 4.98 Å². The van der Waals surface area contributed by atoms with Crippen molar-refractivity contribution in [3.8, 4) is 11.5 Å². The van der Waals surface area contributed by atoms with Gasteiger partial charge in [0.1, 0.15) is 5.76 Å². The molecule has 0 amide bonds. The smallest absolute Gasteiger partial charge is 0.264 e. The van der Waals surface area contributed by atoms with Crippen LogP contribution in [-0.4, -0.2) is 26.3 Å². The second-order valence-electron chi connectivity index (χ2n) is 6.63. The second kappa shape index (κ2) is 6.45. The van der Waals surface area contributed by atoms with Crippen LogP contribution in [0.15, 0.2) is 28.7 Å². The van der Waals surface area contributed by atoms with E-state index >= 15 is 0 Å². The van der Waals surface area contributed by atoms with Gasteiger partial charge in [-0.1, -0.05) is 32.9 Å². The monoisotopic (exact) mass is 337 g/mol. The maximum atomic E-state index is 11.0. The first-order chi connectivity index (χ1) is 10.6. The molecule has 0 aliphatic carbocycles. The van der Waals surface area contributed by atoms with Crippen LogP contribution in [-0.2, 0) is 26.1 Å². The van der Waals surface area contributed by atoms with Crippen molar-refractivity contribution >= 4 is 10.1 Å². The molecule has 0 atom stereocenters. The fourth-order valence-corrected chi connectivity index (χ4v) is 2.57. The lowest BCUT2D eigenvalue weighted by Crippen LogP contribution is -2.10. The number of rotatable bonds is 5. The highest BCUT2D eigenvalue weighted by atomic mass is 32.2. The fourth-order valence-electron chi connectivity index (χ4n) is 2.19. The van der Waals surface area contributed by atoms with Crippen molar-refractivity contribution in [2.75, 3.05) is 12.9 Å². The van der Waals surface area contributed by atoms with Crippen LogP contribution in [0.4, 0.5) is 0 Å². The maximum Gasteiger partial charge on any atom is 0.264 e. The lowest BCUT2D eigenvalue weighted by atomic mass is 9.87. The highest BCUT2D eigenvalue weighted by Crippen LogP contribution is 2.27. The zero-order valence-corrected chi connectivity index (χ0v) is 15.0. The van der Waals surface area contributed by atoms with Crippen molar-refractivity contribution in [1.29, 1.82) is 0 Å². The molecule has 23 heavy (non-hydrogen) atoms. The van der Waals surface area contributed by atoms with Crippen molar-refractivity contribution in [2.24, 2.45) is 0 Å². The van der Waals surface area contributed by atoms with Gasteiger partial charge in [-0.3, -0.25) is 4.18 Å². The van der Waals surface area contributed by atoms with E-state index in [4.69, 9.17) is 8.60 Å². The van der Waals surface area contributed by atoms with Gasteiger partial charge >= 0.3 is 0 Å². The molecule has 0 fully saturated rings. The first-order valence-electron chi connectivity index (χ1n) is 7.48. The topological polar surface area (TPSA) is 69.4 Å². The predicted molar refractivity (Wildman–Crippen MR) is 89.9 cm³/mol. The third-order valence-corrected chi connectivity index (χ3v) is 4.12. The van der Waals surface area contributed by atoms with Crippen LogP contribution >= 0.6 is 0 Å². The Kier molecular flexibility index (Phi) is 4.96. The van der Waals surface area contributed by atoms with Crippen LogP contribution in [0, 0.1) is 6.92 Å². The predicted octanol–water partition coefficient (Wildman–Crippen LogP) is 3.47. The molecule has 0 saturated heterocycles. The number of hydrogen-bond donors (Lipinski definition) is 0. The molecule has 0 saturated carbocycles. The van der Waals surface area contributed by atoms with Crippen LogP contribution in [0.1, 0.15) is 37.8 Å². The van der Waals surface area contributed by atoms with Gasteiger partial charge in [0.15, 0.2) is 0 Å². The number of oxazole rings is 1. The summed E-state index contributed by atoms with van der Waals surface area (Å²) in [4.78, 5) is 4.45. The molecule has 0 spiro atoms. The Balaban J connectivity index is 2.14. The normalized spacial score (nSPS) is 12.6. The number of benzene rings is 1. The zero-order valence-electron chi connectivity index (χ0n) is 14.2. The van der Waals surface area contributed by atoms with Gasteiger partial charge in [-0.05, 0) is 30.0 Å². The highest BCUT2D eigenvalue weighted by molar-refractivity contribution is 7.85. The third-order valence-electron chi connectivity index (χ3n) is 3.53. The van der Waals surface area contributed by atoms with E-state index in [-0.39, 0.29) is 12.0 Å². The lowest BCUT2D eigenvalue weighted by Gasteiger charge is -2.18. The average Bonchev–Trinajstić information content (AvgIpc) is 2.78. The van der Waals surface area contributed by atoms with Crippen molar-refractivity contribution in [3.05, 3.63) is 41.3 Å². The minimum Gasteiger partial charge on any atom is -0.441 e. The molecule has 0 aliphatic heterocycles. The summed E-state index contributed by atoms with van der Waals surface area (Å²) in [5.41, 5.74) is 2.95. The molecule has 1 aromatic carbocycles. The Labute approximate surface area is 137 Å². The number of hydrogen-bond acceptors (Lipinski definition) is 5. The van der Waals surface area contributed by atoms with Crippen LogP contribution in [0.25, 0.3) is 11.5 Å². The molecule has 126 valence electrons. The standard InChI is InChI=1S/C17H23NO4S/c1-12-15(10-11-21-23(5,19)20)18-16(22-12)13-6-8-14(9-7-13)17(2,3)4/h6-9H,10-11H2,1-5H3. The van der Waals surface area contributed by atoms with Gasteiger partial charge in [-0.15, -0.1) is 0 Å². The number of nitrogens with zero attached hydrogens (tertiary/aromatic N) is 1. The Bertz CT molecular complexity index is 768. The molecule has 1 heterocycles. The summed E-state index contributed by atoms with van der Waals surface area (Å²) in [6, 6.07) is 8.12. The molecule has 6 heteroatoms. The Morgan fingerprint density at radius 1 is 1.17 bits per heavy atom. The molecule has 0 bridgehead atoms. The van der Waals surface area contributed by atoms with Gasteiger partial charge < -0.3 is 4.42 Å². The first-order valence-corrected chi connectivity index (χ1v) is 9.29. The van der Waals surface area contributed by atoms with E-state index in [0.717, 1.165) is 11.8 Å². The molecular formula is C17H23NO4S. The summed E-state index contributed by atoms with van der Waals surface area (Å²) in [5, 5.41) is 0. The van der Waals surface area contributed by atoms with Crippen molar-refractivity contribution < 1.29 is 17.0 Å². The summed E-state index contributed by atoms with van der Waals surface area (Å²) in [6.07, 6.45) is 1.42. The SMILES string of the molecule is Cc1oc(-c2ccc(C(C)(C)C)cc2)nc1CCOS(C)(=O)=O. The molecule has 2 rings (SSSR count). The van der Waals surface area contributed by atoms with Gasteiger partial charge in [-0.2, -0.15) is 8.42 Å². The Morgan fingerprint density at radius 3 is 2.30 bits per heavy atom. The summed E-state index contributed by atoms with van der Waals surface area (Å²) >= 11 is 0. The molecule has 0 radical (unpaired) electrons. The second-order valence-corrected chi connectivity index (χ2v) is 8.27. The van der Waals surface area contributed by atoms with Crippen molar-refractivity contribution in [2.45, 2.75) is 39.5 Å². The van der Waals surface area contributed by atoms with Crippen LogP contribution in [0.3, 0.4) is 0 Å². The largest absolute Gasteiger partial charge is 0.441 e. The Morgan fingerprint density at radius 2 is 1.78 bits per heavy atom. The lowest BCUT2D eigenvalue weighted by molar-refractivity contribution is 0.324. The van der Waals surface area contributed by atoms with E-state index in [1.165, 1.54) is 5.56 Å². The van der Waals surface area contributed by atoms with Gasteiger partial charge in [0.25, 0.3) is 10.1 Å². The highest BCUT2D eigenvalue weighted by Gasteiger charge is 2.15. The summed E-state index contributed by atoms with van der Waals surface area (Å²) in [5.74, 6) is 1.22. The van der Waals surface area contributed by atoms with E-state index < -0.39 is 10.1 Å². The van der Waals surface area contributed by atoms with E-state index in [1.54, 1.807) is 0 Å². The minimum atomic E-state index is -3.43. The molecule has 5 nitrogen and oxygen atoms in total. The quantitative estimate of drug-likeness (QED) is 0.781. The molecule has 0 aliphatic rings. The molecule has 0 N–H and O–H groups in total. The minimum absolute atomic E-state index is 0.0641. The summed E-state index contributed by atoms with van der Waals surface area (Å²) < 4.78 is 32.4. The summed E-state index contributed by atoms with van der Waals surface area (Å²) in [6.45, 7) is 8.37. The summed E-state index contributed by atoms with van der Waals surface area (Å²) in [7, 11) is -3.43. The van der Waals surface area contributed by atoms with Gasteiger partial charge in [0, 0.05) is 12.0 Å². The molecule has 1 aromatic heterocycles. The Hall–Kier alpha value is -1.66. The first kappa shape index (κ1) is 17.7. The van der Waals surface area contributed by atoms with Crippen molar-refractivity contribution in [3.63, 3.8) is 0 Å². The zero-order chi connectivity index (χ0) is 17.3. The number of aryl methyl sites for hydroxylation is 1. The van der Waals surface area contributed by atoms with E-state index in [1.807, 2.05) is 19.1 Å². The van der Waals surface area contributed by atoms with Crippen LogP contribution in [0.5, 0.6) is 0 Å².